The molecule has 22 heavy (non-hydrogen) atoms. The van der Waals surface area contributed by atoms with Crippen LogP contribution in [0.25, 0.3) is 0 Å². The van der Waals surface area contributed by atoms with Gasteiger partial charge < -0.3 is 10.2 Å². The van der Waals surface area contributed by atoms with Crippen LogP contribution < -0.4 is 5.32 Å². The molecule has 1 fully saturated rings. The Labute approximate surface area is 140 Å². The van der Waals surface area contributed by atoms with Crippen molar-refractivity contribution in [2.45, 2.75) is 25.1 Å². The highest BCUT2D eigenvalue weighted by Crippen LogP contribution is 2.23. The molecule has 0 radical (unpaired) electrons. The van der Waals surface area contributed by atoms with E-state index in [0.29, 0.717) is 19.6 Å². The number of aliphatic imine (C=N–C) groups is 1. The Morgan fingerprint density at radius 1 is 1.36 bits per heavy atom. The van der Waals surface area contributed by atoms with Crippen molar-refractivity contribution in [3.63, 3.8) is 0 Å². The van der Waals surface area contributed by atoms with E-state index in [-0.39, 0.29) is 5.75 Å². The molecule has 0 aliphatic carbocycles. The van der Waals surface area contributed by atoms with Crippen LogP contribution >= 0.6 is 15.9 Å². The van der Waals surface area contributed by atoms with Crippen molar-refractivity contribution in [2.75, 3.05) is 25.9 Å². The second kappa shape index (κ2) is 6.58. The standard InChI is InChI=1S/C15H22BrN3O2S/c1-15(2)11-19(8-9-22(15,20)21)14(17-3)18-10-12-4-6-13(16)7-5-12/h4-7H,8-11H2,1-3H3,(H,17,18). The fraction of sp³-hybridized carbons (Fsp3) is 0.533. The van der Waals surface area contributed by atoms with E-state index in [1.54, 1.807) is 20.9 Å². The second-order valence-corrected chi connectivity index (χ2v) is 9.69. The second-order valence-electron chi connectivity index (χ2n) is 6.03. The molecule has 1 heterocycles. The number of rotatable bonds is 2. The third-order valence-corrected chi connectivity index (χ3v) is 6.98. The lowest BCUT2D eigenvalue weighted by molar-refractivity contribution is 0.353. The zero-order valence-corrected chi connectivity index (χ0v) is 15.5. The van der Waals surface area contributed by atoms with E-state index < -0.39 is 14.6 Å². The molecule has 1 aromatic carbocycles. The summed E-state index contributed by atoms with van der Waals surface area (Å²) in [6.07, 6.45) is 0. The first-order valence-corrected chi connectivity index (χ1v) is 9.62. The maximum Gasteiger partial charge on any atom is 0.193 e. The number of nitrogens with zero attached hydrogens (tertiary/aromatic N) is 2. The van der Waals surface area contributed by atoms with Gasteiger partial charge in [-0.25, -0.2) is 8.42 Å². The summed E-state index contributed by atoms with van der Waals surface area (Å²) < 4.78 is 24.5. The topological polar surface area (TPSA) is 61.8 Å². The van der Waals surface area contributed by atoms with Crippen LogP contribution in [0, 0.1) is 0 Å². The van der Waals surface area contributed by atoms with Crippen molar-refractivity contribution in [3.8, 4) is 0 Å². The highest BCUT2D eigenvalue weighted by atomic mass is 79.9. The summed E-state index contributed by atoms with van der Waals surface area (Å²) >= 11 is 3.42. The van der Waals surface area contributed by atoms with E-state index >= 15 is 0 Å². The molecule has 2 rings (SSSR count). The van der Waals surface area contributed by atoms with Gasteiger partial charge in [0, 0.05) is 31.2 Å². The molecule has 7 heteroatoms. The predicted octanol–water partition coefficient (Wildman–Crippen LogP) is 2.03. The average Bonchev–Trinajstić information content (AvgIpc) is 2.45. The normalized spacial score (nSPS) is 20.7. The molecule has 1 aliphatic heterocycles. The zero-order chi connectivity index (χ0) is 16.4. The molecule has 1 aliphatic rings. The largest absolute Gasteiger partial charge is 0.352 e. The Balaban J connectivity index is 2.02. The van der Waals surface area contributed by atoms with Crippen LogP contribution in [0.4, 0.5) is 0 Å². The monoisotopic (exact) mass is 387 g/mol. The third kappa shape index (κ3) is 3.81. The highest BCUT2D eigenvalue weighted by Gasteiger charge is 2.40. The van der Waals surface area contributed by atoms with Gasteiger partial charge >= 0.3 is 0 Å². The molecule has 0 amide bonds. The fourth-order valence-corrected chi connectivity index (χ4v) is 4.07. The van der Waals surface area contributed by atoms with E-state index in [4.69, 9.17) is 0 Å². The molecule has 1 saturated heterocycles. The van der Waals surface area contributed by atoms with Crippen LogP contribution in [0.5, 0.6) is 0 Å². The fourth-order valence-electron chi connectivity index (χ4n) is 2.44. The van der Waals surface area contributed by atoms with Gasteiger partial charge in [0.2, 0.25) is 0 Å². The van der Waals surface area contributed by atoms with Gasteiger partial charge in [-0.3, -0.25) is 4.99 Å². The average molecular weight is 388 g/mol. The molecule has 0 bridgehead atoms. The number of sulfone groups is 1. The maximum absolute atomic E-state index is 12.1. The first-order valence-electron chi connectivity index (χ1n) is 7.17. The quantitative estimate of drug-likeness (QED) is 0.622. The summed E-state index contributed by atoms with van der Waals surface area (Å²) in [5.74, 6) is 0.907. The predicted molar refractivity (Wildman–Crippen MR) is 93.8 cm³/mol. The van der Waals surface area contributed by atoms with E-state index in [9.17, 15) is 8.42 Å². The molecular weight excluding hydrogens is 366 g/mol. The SMILES string of the molecule is CN=C(NCc1ccc(Br)cc1)N1CCS(=O)(=O)C(C)(C)C1. The van der Waals surface area contributed by atoms with E-state index in [0.717, 1.165) is 16.0 Å². The summed E-state index contributed by atoms with van der Waals surface area (Å²) in [5.41, 5.74) is 1.15. The molecule has 0 atom stereocenters. The Morgan fingerprint density at radius 3 is 2.55 bits per heavy atom. The van der Waals surface area contributed by atoms with E-state index in [1.165, 1.54) is 0 Å². The Hall–Kier alpha value is -1.08. The Bertz CT molecular complexity index is 654. The van der Waals surface area contributed by atoms with Gasteiger partial charge in [-0.2, -0.15) is 0 Å². The minimum Gasteiger partial charge on any atom is -0.352 e. The smallest absolute Gasteiger partial charge is 0.193 e. The van der Waals surface area contributed by atoms with Gasteiger partial charge in [-0.15, -0.1) is 0 Å². The van der Waals surface area contributed by atoms with Gasteiger partial charge in [0.05, 0.1) is 10.5 Å². The summed E-state index contributed by atoms with van der Waals surface area (Å²) in [4.78, 5) is 6.30. The minimum absolute atomic E-state index is 0.166. The summed E-state index contributed by atoms with van der Waals surface area (Å²) in [6.45, 7) is 5.14. The molecule has 5 nitrogen and oxygen atoms in total. The highest BCUT2D eigenvalue weighted by molar-refractivity contribution is 9.10. The zero-order valence-electron chi connectivity index (χ0n) is 13.1. The molecule has 0 spiro atoms. The van der Waals surface area contributed by atoms with Crippen molar-refractivity contribution in [1.29, 1.82) is 0 Å². The molecular formula is C15H22BrN3O2S. The number of benzene rings is 1. The van der Waals surface area contributed by atoms with Crippen molar-refractivity contribution < 1.29 is 8.42 Å². The van der Waals surface area contributed by atoms with Crippen LogP contribution in [0.3, 0.4) is 0 Å². The van der Waals surface area contributed by atoms with Crippen LogP contribution in [0.1, 0.15) is 19.4 Å². The third-order valence-electron chi connectivity index (χ3n) is 3.92. The van der Waals surface area contributed by atoms with Crippen molar-refractivity contribution in [3.05, 3.63) is 34.3 Å². The number of hydrogen-bond donors (Lipinski definition) is 1. The number of nitrogens with one attached hydrogen (secondary N) is 1. The molecule has 0 aromatic heterocycles. The van der Waals surface area contributed by atoms with Crippen molar-refractivity contribution >= 4 is 31.7 Å². The van der Waals surface area contributed by atoms with Crippen LogP contribution in [0.2, 0.25) is 0 Å². The number of guanidine groups is 1. The van der Waals surface area contributed by atoms with Crippen molar-refractivity contribution in [2.24, 2.45) is 4.99 Å². The van der Waals surface area contributed by atoms with Crippen LogP contribution in [0.15, 0.2) is 33.7 Å². The first-order chi connectivity index (χ1) is 10.2. The van der Waals surface area contributed by atoms with Crippen molar-refractivity contribution in [1.82, 2.24) is 10.2 Å². The van der Waals surface area contributed by atoms with Crippen LogP contribution in [-0.2, 0) is 16.4 Å². The van der Waals surface area contributed by atoms with Gasteiger partial charge in [0.15, 0.2) is 15.8 Å². The number of hydrogen-bond acceptors (Lipinski definition) is 3. The minimum atomic E-state index is -3.04. The lowest BCUT2D eigenvalue weighted by Crippen LogP contribution is -2.57. The molecule has 1 aromatic rings. The van der Waals surface area contributed by atoms with Gasteiger partial charge in [0.1, 0.15) is 0 Å². The summed E-state index contributed by atoms with van der Waals surface area (Å²) in [7, 11) is -1.31. The van der Waals surface area contributed by atoms with E-state index in [2.05, 4.69) is 26.2 Å². The van der Waals surface area contributed by atoms with Gasteiger partial charge in [0.25, 0.3) is 0 Å². The lowest BCUT2D eigenvalue weighted by atomic mass is 10.2. The van der Waals surface area contributed by atoms with Gasteiger partial charge in [-0.1, -0.05) is 28.1 Å². The summed E-state index contributed by atoms with van der Waals surface area (Å²) in [6, 6.07) is 8.07. The Morgan fingerprint density at radius 2 is 2.00 bits per heavy atom. The molecule has 0 saturated carbocycles. The van der Waals surface area contributed by atoms with E-state index in [1.807, 2.05) is 29.2 Å². The first kappa shape index (κ1) is 17.3. The number of halogens is 1. The van der Waals surface area contributed by atoms with Gasteiger partial charge in [-0.05, 0) is 31.5 Å². The summed E-state index contributed by atoms with van der Waals surface area (Å²) in [5, 5.41) is 3.31. The molecule has 0 unspecified atom stereocenters. The maximum atomic E-state index is 12.1. The lowest BCUT2D eigenvalue weighted by Gasteiger charge is -2.39. The molecule has 122 valence electrons. The molecule has 1 N–H and O–H groups in total. The van der Waals surface area contributed by atoms with Crippen LogP contribution in [-0.4, -0.2) is 49.9 Å². The Kier molecular flexibility index (Phi) is 5.17.